The lowest BCUT2D eigenvalue weighted by molar-refractivity contribution is 0.490. The molecule has 0 aliphatic rings. The quantitative estimate of drug-likeness (QED) is 0.904. The van der Waals surface area contributed by atoms with Gasteiger partial charge < -0.3 is 0 Å². The van der Waals surface area contributed by atoms with Crippen molar-refractivity contribution in [3.05, 3.63) is 29.8 Å². The summed E-state index contributed by atoms with van der Waals surface area (Å²) >= 11 is 0. The molecular formula is C12H17N3O2S. The third-order valence-electron chi connectivity index (χ3n) is 2.13. The van der Waals surface area contributed by atoms with E-state index in [1.54, 1.807) is 39.0 Å². The van der Waals surface area contributed by atoms with E-state index < -0.39 is 15.7 Å². The molecule has 0 unspecified atom stereocenters. The Bertz CT molecular complexity index is 568. The van der Waals surface area contributed by atoms with Crippen LogP contribution in [-0.4, -0.2) is 21.0 Å². The molecule has 1 aromatic carbocycles. The Morgan fingerprint density at radius 2 is 1.94 bits per heavy atom. The van der Waals surface area contributed by atoms with Crippen molar-refractivity contribution < 1.29 is 8.42 Å². The summed E-state index contributed by atoms with van der Waals surface area (Å²) in [7, 11) is -2.17. The Morgan fingerprint density at radius 3 is 2.44 bits per heavy atom. The van der Waals surface area contributed by atoms with Crippen molar-refractivity contribution in [2.24, 2.45) is 0 Å². The van der Waals surface area contributed by atoms with Gasteiger partial charge in [0, 0.05) is 12.6 Å². The summed E-state index contributed by atoms with van der Waals surface area (Å²) in [5, 5.41) is 8.80. The van der Waals surface area contributed by atoms with Crippen LogP contribution in [0.2, 0.25) is 0 Å². The summed E-state index contributed by atoms with van der Waals surface area (Å²) in [6.45, 7) is 5.30. The number of nitrogens with zero attached hydrogens (tertiary/aromatic N) is 2. The smallest absolute Gasteiger partial charge is 0.261 e. The van der Waals surface area contributed by atoms with E-state index in [1.165, 1.54) is 13.1 Å². The van der Waals surface area contributed by atoms with E-state index in [0.717, 1.165) is 4.31 Å². The van der Waals surface area contributed by atoms with E-state index in [-0.39, 0.29) is 0 Å². The van der Waals surface area contributed by atoms with Gasteiger partial charge >= 0.3 is 10.2 Å². The van der Waals surface area contributed by atoms with Gasteiger partial charge in [-0.15, -0.1) is 0 Å². The first-order valence-electron chi connectivity index (χ1n) is 5.44. The van der Waals surface area contributed by atoms with Crippen molar-refractivity contribution in [2.75, 3.05) is 11.4 Å². The first kappa shape index (κ1) is 14.5. The van der Waals surface area contributed by atoms with Crippen molar-refractivity contribution >= 4 is 15.9 Å². The molecule has 0 saturated carbocycles. The van der Waals surface area contributed by atoms with Crippen LogP contribution in [0.3, 0.4) is 0 Å². The monoisotopic (exact) mass is 267 g/mol. The molecule has 0 saturated heterocycles. The highest BCUT2D eigenvalue weighted by Crippen LogP contribution is 2.18. The van der Waals surface area contributed by atoms with Crippen molar-refractivity contribution in [3.63, 3.8) is 0 Å². The van der Waals surface area contributed by atoms with Crippen molar-refractivity contribution in [1.29, 1.82) is 5.26 Å². The molecule has 98 valence electrons. The largest absolute Gasteiger partial charge is 0.301 e. The van der Waals surface area contributed by atoms with Crippen LogP contribution in [-0.2, 0) is 10.2 Å². The van der Waals surface area contributed by atoms with Crippen molar-refractivity contribution in [3.8, 4) is 6.07 Å². The van der Waals surface area contributed by atoms with Gasteiger partial charge in [-0.25, -0.2) is 0 Å². The molecule has 0 fully saturated rings. The zero-order valence-electron chi connectivity index (χ0n) is 10.9. The Labute approximate surface area is 108 Å². The number of nitrogens with one attached hydrogen (secondary N) is 1. The van der Waals surface area contributed by atoms with Crippen LogP contribution < -0.4 is 9.03 Å². The first-order chi connectivity index (χ1) is 8.15. The predicted molar refractivity (Wildman–Crippen MR) is 71.4 cm³/mol. The zero-order valence-corrected chi connectivity index (χ0v) is 11.7. The molecule has 0 amide bonds. The molecular weight excluding hydrogens is 250 g/mol. The number of benzene rings is 1. The van der Waals surface area contributed by atoms with Gasteiger partial charge in [-0.2, -0.15) is 18.4 Å². The summed E-state index contributed by atoms with van der Waals surface area (Å²) in [5.41, 5.74) is 0.316. The summed E-state index contributed by atoms with van der Waals surface area (Å²) in [4.78, 5) is 0. The molecule has 1 aromatic rings. The van der Waals surface area contributed by atoms with E-state index in [4.69, 9.17) is 5.26 Å². The fourth-order valence-corrected chi connectivity index (χ4v) is 2.67. The van der Waals surface area contributed by atoms with E-state index >= 15 is 0 Å². The van der Waals surface area contributed by atoms with Crippen LogP contribution in [0.15, 0.2) is 24.3 Å². The lowest BCUT2D eigenvalue weighted by Gasteiger charge is -2.26. The van der Waals surface area contributed by atoms with Gasteiger partial charge in [0.1, 0.15) is 0 Å². The lowest BCUT2D eigenvalue weighted by atomic mass is 10.1. The van der Waals surface area contributed by atoms with Crippen molar-refractivity contribution in [1.82, 2.24) is 4.72 Å². The van der Waals surface area contributed by atoms with E-state index in [2.05, 4.69) is 4.72 Å². The summed E-state index contributed by atoms with van der Waals surface area (Å²) in [5.74, 6) is 0. The molecule has 0 heterocycles. The molecule has 5 nitrogen and oxygen atoms in total. The van der Waals surface area contributed by atoms with Crippen LogP contribution >= 0.6 is 0 Å². The molecule has 0 radical (unpaired) electrons. The number of hydrogen-bond donors (Lipinski definition) is 1. The van der Waals surface area contributed by atoms with Crippen LogP contribution in [0.25, 0.3) is 0 Å². The molecule has 0 aliphatic heterocycles. The number of anilines is 1. The second-order valence-electron chi connectivity index (χ2n) is 4.99. The third-order valence-corrected chi connectivity index (χ3v) is 3.94. The Hall–Kier alpha value is -1.58. The maximum absolute atomic E-state index is 12.1. The first-order valence-corrected chi connectivity index (χ1v) is 6.88. The Balaban J connectivity index is 3.07. The van der Waals surface area contributed by atoms with E-state index in [9.17, 15) is 8.42 Å². The topological polar surface area (TPSA) is 73.2 Å². The van der Waals surface area contributed by atoms with E-state index in [1.807, 2.05) is 6.07 Å². The number of rotatable bonds is 3. The fourth-order valence-electron chi connectivity index (χ4n) is 1.37. The molecule has 0 atom stereocenters. The number of hydrogen-bond acceptors (Lipinski definition) is 3. The average molecular weight is 267 g/mol. The van der Waals surface area contributed by atoms with Gasteiger partial charge in [0.2, 0.25) is 0 Å². The van der Waals surface area contributed by atoms with Gasteiger partial charge in [0.05, 0.1) is 17.3 Å². The van der Waals surface area contributed by atoms with Crippen molar-refractivity contribution in [2.45, 2.75) is 26.3 Å². The fraction of sp³-hybridized carbons (Fsp3) is 0.417. The maximum atomic E-state index is 12.1. The number of nitriles is 1. The molecule has 6 heteroatoms. The summed E-state index contributed by atoms with van der Waals surface area (Å²) < 4.78 is 27.8. The lowest BCUT2D eigenvalue weighted by Crippen LogP contribution is -2.47. The van der Waals surface area contributed by atoms with Crippen LogP contribution in [0.5, 0.6) is 0 Å². The molecule has 0 spiro atoms. The van der Waals surface area contributed by atoms with Crippen LogP contribution in [0, 0.1) is 11.3 Å². The molecule has 1 N–H and O–H groups in total. The zero-order chi connectivity index (χ0) is 14.0. The van der Waals surface area contributed by atoms with Crippen LogP contribution in [0.1, 0.15) is 26.3 Å². The normalized spacial score (nSPS) is 11.9. The second-order valence-corrected chi connectivity index (χ2v) is 6.69. The molecule has 0 bridgehead atoms. The van der Waals surface area contributed by atoms with Gasteiger partial charge in [-0.05, 0) is 39.0 Å². The van der Waals surface area contributed by atoms with Gasteiger partial charge in [0.25, 0.3) is 0 Å². The highest BCUT2D eigenvalue weighted by atomic mass is 32.2. The highest BCUT2D eigenvalue weighted by molar-refractivity contribution is 7.90. The SMILES string of the molecule is CN(c1cccc(C#N)c1)S(=O)(=O)NC(C)(C)C. The summed E-state index contributed by atoms with van der Waals surface area (Å²) in [6, 6.07) is 8.43. The minimum absolute atomic E-state index is 0.422. The van der Waals surface area contributed by atoms with Gasteiger partial charge in [-0.3, -0.25) is 4.31 Å². The third kappa shape index (κ3) is 3.72. The predicted octanol–water partition coefficient (Wildman–Crippen LogP) is 1.63. The Kier molecular flexibility index (Phi) is 3.99. The second kappa shape index (κ2) is 4.96. The van der Waals surface area contributed by atoms with Crippen LogP contribution in [0.4, 0.5) is 5.69 Å². The molecule has 0 aliphatic carbocycles. The average Bonchev–Trinajstić information content (AvgIpc) is 2.25. The maximum Gasteiger partial charge on any atom is 0.301 e. The summed E-state index contributed by atoms with van der Waals surface area (Å²) in [6.07, 6.45) is 0. The minimum Gasteiger partial charge on any atom is -0.261 e. The van der Waals surface area contributed by atoms with Gasteiger partial charge in [0.15, 0.2) is 0 Å². The van der Waals surface area contributed by atoms with Gasteiger partial charge in [-0.1, -0.05) is 6.07 Å². The molecule has 18 heavy (non-hydrogen) atoms. The Morgan fingerprint density at radius 1 is 1.33 bits per heavy atom. The molecule has 1 rings (SSSR count). The standard InChI is InChI=1S/C12H17N3O2S/c1-12(2,3)14-18(16,17)15(4)11-7-5-6-10(8-11)9-13/h5-8,14H,1-4H3. The highest BCUT2D eigenvalue weighted by Gasteiger charge is 2.24. The van der Waals surface area contributed by atoms with E-state index in [0.29, 0.717) is 11.3 Å². The molecule has 0 aromatic heterocycles. The minimum atomic E-state index is -3.62.